The number of nitrogens with zero attached hydrogens (tertiary/aromatic N) is 2. The zero-order valence-corrected chi connectivity index (χ0v) is 15.6. The van der Waals surface area contributed by atoms with Crippen molar-refractivity contribution >= 4 is 5.78 Å². The van der Waals surface area contributed by atoms with E-state index in [1.165, 1.54) is 6.42 Å². The fourth-order valence-electron chi connectivity index (χ4n) is 4.47. The summed E-state index contributed by atoms with van der Waals surface area (Å²) in [5.74, 6) is -0.0481. The van der Waals surface area contributed by atoms with E-state index in [9.17, 15) is 9.90 Å². The van der Waals surface area contributed by atoms with E-state index in [2.05, 4.69) is 9.80 Å². The molecule has 2 fully saturated rings. The number of Topliss-reactive ketones (excluding diaryl/α,β-unsaturated/α-hetero) is 1. The van der Waals surface area contributed by atoms with Crippen molar-refractivity contribution < 1.29 is 15.0 Å². The van der Waals surface area contributed by atoms with Gasteiger partial charge in [0.1, 0.15) is 0 Å². The largest absolute Gasteiger partial charge is 0.395 e. The Hall–Kier alpha value is -1.27. The van der Waals surface area contributed by atoms with Crippen LogP contribution < -0.4 is 0 Å². The van der Waals surface area contributed by atoms with Crippen LogP contribution in [0.25, 0.3) is 0 Å². The predicted octanol–water partition coefficient (Wildman–Crippen LogP) is 1.63. The van der Waals surface area contributed by atoms with E-state index in [-0.39, 0.29) is 18.3 Å². The predicted molar refractivity (Wildman–Crippen MR) is 102 cm³/mol. The molecule has 2 aliphatic rings. The van der Waals surface area contributed by atoms with Gasteiger partial charge < -0.3 is 10.2 Å². The molecule has 0 radical (unpaired) electrons. The summed E-state index contributed by atoms with van der Waals surface area (Å²) in [7, 11) is 0. The van der Waals surface area contributed by atoms with E-state index in [0.29, 0.717) is 13.1 Å². The van der Waals surface area contributed by atoms with E-state index in [1.807, 2.05) is 30.3 Å². The zero-order chi connectivity index (χ0) is 18.4. The third kappa shape index (κ3) is 4.34. The second-order valence-corrected chi connectivity index (χ2v) is 7.73. The molecule has 3 rings (SSSR count). The maximum atomic E-state index is 13.3. The van der Waals surface area contributed by atoms with Crippen LogP contribution in [0.5, 0.6) is 0 Å². The van der Waals surface area contributed by atoms with Crippen LogP contribution in [0.1, 0.15) is 37.7 Å². The summed E-state index contributed by atoms with van der Waals surface area (Å²) in [6, 6.07) is 9.53. The molecule has 5 heteroatoms. The standard InChI is InChI=1S/C21H32N2O3/c24-16-15-22-11-13-23(14-12-22)17-20(25)21(26,18-7-3-1-4-8-18)19-9-5-2-6-10-19/h1,3-4,7-8,19,24,26H,2,5-6,9-17H2. The van der Waals surface area contributed by atoms with Crippen LogP contribution in [0.3, 0.4) is 0 Å². The normalized spacial score (nSPS) is 22.8. The molecule has 1 aromatic rings. The molecule has 1 saturated heterocycles. The minimum absolute atomic E-state index is 0.0156. The molecule has 26 heavy (non-hydrogen) atoms. The number of piperazine rings is 1. The number of carbonyl (C=O) groups excluding carboxylic acids is 1. The van der Waals surface area contributed by atoms with Crippen molar-refractivity contribution in [2.45, 2.75) is 37.7 Å². The van der Waals surface area contributed by atoms with E-state index in [4.69, 9.17) is 5.11 Å². The summed E-state index contributed by atoms with van der Waals surface area (Å²) in [5.41, 5.74) is -0.625. The van der Waals surface area contributed by atoms with Crippen molar-refractivity contribution in [3.63, 3.8) is 0 Å². The molecule has 0 bridgehead atoms. The number of hydrogen-bond acceptors (Lipinski definition) is 5. The Kier molecular flexibility index (Phi) is 6.81. The minimum atomic E-state index is -1.37. The van der Waals surface area contributed by atoms with Crippen molar-refractivity contribution in [3.05, 3.63) is 35.9 Å². The van der Waals surface area contributed by atoms with Crippen LogP contribution in [0.15, 0.2) is 30.3 Å². The van der Waals surface area contributed by atoms with Crippen molar-refractivity contribution in [1.29, 1.82) is 0 Å². The Morgan fingerprint density at radius 3 is 2.23 bits per heavy atom. The lowest BCUT2D eigenvalue weighted by atomic mass is 9.71. The topological polar surface area (TPSA) is 64.0 Å². The first-order valence-corrected chi connectivity index (χ1v) is 10.0. The highest BCUT2D eigenvalue weighted by molar-refractivity contribution is 5.90. The van der Waals surface area contributed by atoms with Crippen LogP contribution in [-0.4, -0.2) is 71.7 Å². The summed E-state index contributed by atoms with van der Waals surface area (Å²) in [6.07, 6.45) is 5.21. The summed E-state index contributed by atoms with van der Waals surface area (Å²) in [6.45, 7) is 4.51. The van der Waals surface area contributed by atoms with Gasteiger partial charge in [0.15, 0.2) is 11.4 Å². The van der Waals surface area contributed by atoms with Gasteiger partial charge in [-0.05, 0) is 24.3 Å². The van der Waals surface area contributed by atoms with Gasteiger partial charge in [0, 0.05) is 32.7 Å². The number of rotatable bonds is 7. The lowest BCUT2D eigenvalue weighted by molar-refractivity contribution is -0.148. The van der Waals surface area contributed by atoms with Crippen LogP contribution in [0.4, 0.5) is 0 Å². The van der Waals surface area contributed by atoms with E-state index < -0.39 is 5.60 Å². The second kappa shape index (κ2) is 9.09. The molecule has 1 saturated carbocycles. The Labute approximate surface area is 156 Å². The number of ketones is 1. The molecule has 0 amide bonds. The zero-order valence-electron chi connectivity index (χ0n) is 15.6. The number of carbonyl (C=O) groups is 1. The first-order valence-electron chi connectivity index (χ1n) is 10.0. The second-order valence-electron chi connectivity index (χ2n) is 7.73. The maximum Gasteiger partial charge on any atom is 0.183 e. The lowest BCUT2D eigenvalue weighted by Gasteiger charge is -2.40. The Bertz CT molecular complexity index is 566. The highest BCUT2D eigenvalue weighted by Crippen LogP contribution is 2.40. The molecule has 1 unspecified atom stereocenters. The van der Waals surface area contributed by atoms with E-state index in [1.54, 1.807) is 0 Å². The van der Waals surface area contributed by atoms with Gasteiger partial charge in [0.05, 0.1) is 13.2 Å². The summed E-state index contributed by atoms with van der Waals surface area (Å²) in [5, 5.41) is 20.7. The summed E-state index contributed by atoms with van der Waals surface area (Å²) in [4.78, 5) is 17.7. The minimum Gasteiger partial charge on any atom is -0.395 e. The van der Waals surface area contributed by atoms with Crippen LogP contribution in [-0.2, 0) is 10.4 Å². The number of β-amino-alcohol motifs (C(OH)–C–C–N with tert-alkyl or cyclic N) is 1. The molecule has 0 spiro atoms. The van der Waals surface area contributed by atoms with Crippen molar-refractivity contribution in [1.82, 2.24) is 9.80 Å². The average Bonchev–Trinajstić information content (AvgIpc) is 2.70. The SMILES string of the molecule is O=C(CN1CCN(CCO)CC1)C(O)(c1ccccc1)C1CCCCC1. The molecule has 1 aromatic carbocycles. The molecule has 1 aliphatic heterocycles. The van der Waals surface area contributed by atoms with Crippen LogP contribution in [0, 0.1) is 5.92 Å². The lowest BCUT2D eigenvalue weighted by Crippen LogP contribution is -2.53. The Morgan fingerprint density at radius 1 is 1.00 bits per heavy atom. The molecule has 1 heterocycles. The molecule has 5 nitrogen and oxygen atoms in total. The van der Waals surface area contributed by atoms with E-state index in [0.717, 1.165) is 57.4 Å². The number of aliphatic hydroxyl groups is 2. The molecule has 2 N–H and O–H groups in total. The Morgan fingerprint density at radius 2 is 1.62 bits per heavy atom. The third-order valence-electron chi connectivity index (χ3n) is 6.08. The first-order chi connectivity index (χ1) is 12.6. The molecule has 1 atom stereocenters. The van der Waals surface area contributed by atoms with E-state index >= 15 is 0 Å². The van der Waals surface area contributed by atoms with Gasteiger partial charge in [-0.3, -0.25) is 14.6 Å². The fourth-order valence-corrected chi connectivity index (χ4v) is 4.47. The molecule has 144 valence electrons. The molecule has 1 aliphatic carbocycles. The fraction of sp³-hybridized carbons (Fsp3) is 0.667. The average molecular weight is 360 g/mol. The number of benzene rings is 1. The van der Waals surface area contributed by atoms with Gasteiger partial charge in [-0.2, -0.15) is 0 Å². The van der Waals surface area contributed by atoms with Gasteiger partial charge in [-0.15, -0.1) is 0 Å². The van der Waals surface area contributed by atoms with Gasteiger partial charge in [-0.1, -0.05) is 49.6 Å². The van der Waals surface area contributed by atoms with Gasteiger partial charge in [-0.25, -0.2) is 0 Å². The van der Waals surface area contributed by atoms with Crippen molar-refractivity contribution in [2.24, 2.45) is 5.92 Å². The van der Waals surface area contributed by atoms with Crippen molar-refractivity contribution in [2.75, 3.05) is 45.9 Å². The highest BCUT2D eigenvalue weighted by Gasteiger charge is 2.45. The maximum absolute atomic E-state index is 13.3. The number of aliphatic hydroxyl groups excluding tert-OH is 1. The smallest absolute Gasteiger partial charge is 0.183 e. The van der Waals surface area contributed by atoms with Gasteiger partial charge in [0.2, 0.25) is 0 Å². The van der Waals surface area contributed by atoms with Crippen molar-refractivity contribution in [3.8, 4) is 0 Å². The van der Waals surface area contributed by atoms with Gasteiger partial charge >= 0.3 is 0 Å². The number of hydrogen-bond donors (Lipinski definition) is 2. The van der Waals surface area contributed by atoms with Crippen LogP contribution in [0.2, 0.25) is 0 Å². The quantitative estimate of drug-likeness (QED) is 0.774. The summed E-state index contributed by atoms with van der Waals surface area (Å²) >= 11 is 0. The van der Waals surface area contributed by atoms with Gasteiger partial charge in [0.25, 0.3) is 0 Å². The first kappa shape index (κ1) is 19.5. The summed E-state index contributed by atoms with van der Waals surface area (Å²) < 4.78 is 0. The highest BCUT2D eigenvalue weighted by atomic mass is 16.3. The van der Waals surface area contributed by atoms with Crippen LogP contribution >= 0.6 is 0 Å². The molecular formula is C21H32N2O3. The Balaban J connectivity index is 1.71. The monoisotopic (exact) mass is 360 g/mol. The molecule has 0 aromatic heterocycles. The molecular weight excluding hydrogens is 328 g/mol. The third-order valence-corrected chi connectivity index (χ3v) is 6.08.